The van der Waals surface area contributed by atoms with E-state index in [4.69, 9.17) is 9.94 Å². The Morgan fingerprint density at radius 1 is 1.28 bits per heavy atom. The van der Waals surface area contributed by atoms with Crippen LogP contribution in [0, 0.1) is 5.21 Å². The molecular formula is C15H18N4O6. The number of benzene rings is 1. The minimum atomic E-state index is -0.893. The number of aliphatic carboxylic acids is 1. The third-order valence-electron chi connectivity index (χ3n) is 3.61. The summed E-state index contributed by atoms with van der Waals surface area (Å²) in [4.78, 5) is 40.4. The number of carbonyl (C=O) groups is 3. The van der Waals surface area contributed by atoms with Crippen molar-refractivity contribution >= 4 is 17.8 Å². The first-order chi connectivity index (χ1) is 11.9. The lowest BCUT2D eigenvalue weighted by atomic mass is 10.1. The highest BCUT2D eigenvalue weighted by molar-refractivity contribution is 6.21. The van der Waals surface area contributed by atoms with Gasteiger partial charge in [0.05, 0.1) is 29.7 Å². The maximum atomic E-state index is 12.1. The molecular weight excluding hydrogens is 332 g/mol. The highest BCUT2D eigenvalue weighted by Gasteiger charge is 2.35. The zero-order chi connectivity index (χ0) is 18.4. The maximum Gasteiger partial charge on any atom is 0.303 e. The fourth-order valence-corrected chi connectivity index (χ4v) is 2.25. The number of nitrogens with zero attached hydrogens (tertiary/aromatic N) is 4. The highest BCUT2D eigenvalue weighted by atomic mass is 16.7. The molecule has 1 aromatic rings. The third-order valence-corrected chi connectivity index (χ3v) is 3.61. The van der Waals surface area contributed by atoms with Crippen molar-refractivity contribution in [3.8, 4) is 0 Å². The summed E-state index contributed by atoms with van der Waals surface area (Å²) in [6, 6.07) is 6.38. The van der Waals surface area contributed by atoms with E-state index in [1.165, 1.54) is 24.2 Å². The summed E-state index contributed by atoms with van der Waals surface area (Å²) in [7, 11) is 1.46. The Balaban J connectivity index is 1.81. The SMILES string of the molecule is CN(CCCCC(=O)O)/[N+]([O-])=N\OCN1C(=O)c2ccccc2C1=O. The molecule has 1 heterocycles. The van der Waals surface area contributed by atoms with Crippen molar-refractivity contribution in [1.29, 1.82) is 0 Å². The van der Waals surface area contributed by atoms with Crippen LogP contribution < -0.4 is 0 Å². The number of imide groups is 1. The lowest BCUT2D eigenvalue weighted by Gasteiger charge is -2.14. The predicted molar refractivity (Wildman–Crippen MR) is 83.1 cm³/mol. The average molecular weight is 350 g/mol. The Morgan fingerprint density at radius 3 is 2.44 bits per heavy atom. The smallest absolute Gasteiger partial charge is 0.303 e. The molecule has 1 aliphatic rings. The summed E-state index contributed by atoms with van der Waals surface area (Å²) in [6.45, 7) is -0.186. The molecule has 0 atom stereocenters. The second-order valence-corrected chi connectivity index (χ2v) is 5.41. The van der Waals surface area contributed by atoms with E-state index in [1.54, 1.807) is 12.1 Å². The van der Waals surface area contributed by atoms with Crippen LogP contribution in [-0.2, 0) is 9.63 Å². The molecule has 0 fully saturated rings. The molecule has 1 aliphatic heterocycles. The van der Waals surface area contributed by atoms with Gasteiger partial charge in [0.25, 0.3) is 11.8 Å². The van der Waals surface area contributed by atoms with Crippen molar-refractivity contribution in [2.75, 3.05) is 20.3 Å². The minimum Gasteiger partial charge on any atom is -0.569 e. The van der Waals surface area contributed by atoms with Gasteiger partial charge >= 0.3 is 5.97 Å². The van der Waals surface area contributed by atoms with Gasteiger partial charge in [-0.05, 0) is 25.0 Å². The molecule has 0 spiro atoms. The summed E-state index contributed by atoms with van der Waals surface area (Å²) >= 11 is 0. The minimum absolute atomic E-state index is 0.0279. The van der Waals surface area contributed by atoms with Crippen molar-refractivity contribution in [1.82, 2.24) is 9.91 Å². The summed E-state index contributed by atoms with van der Waals surface area (Å²) < 4.78 is 0. The number of fused-ring (bicyclic) bond motifs is 1. The standard InChI is InChI=1S/C15H18N4O6/c1-17(9-5-4-8-13(20)21)19(24)16-25-10-18-14(22)11-6-2-3-7-12(11)15(18)23/h2-3,6-7H,4-5,8-10H2,1H3,(H,20,21)/b19-16+. The highest BCUT2D eigenvalue weighted by Crippen LogP contribution is 2.22. The molecule has 0 unspecified atom stereocenters. The number of hydrogen-bond acceptors (Lipinski definition) is 6. The average Bonchev–Trinajstić information content (AvgIpc) is 2.83. The number of hydrazine groups is 1. The summed E-state index contributed by atoms with van der Waals surface area (Å²) in [5.41, 5.74) is 0.566. The molecule has 0 radical (unpaired) electrons. The molecule has 10 heteroatoms. The van der Waals surface area contributed by atoms with Gasteiger partial charge in [0.1, 0.15) is 0 Å². The van der Waals surface area contributed by atoms with Crippen LogP contribution in [0.2, 0.25) is 0 Å². The van der Waals surface area contributed by atoms with Crippen molar-refractivity contribution in [2.45, 2.75) is 19.3 Å². The summed E-state index contributed by atoms with van der Waals surface area (Å²) in [5.74, 6) is -1.90. The second-order valence-electron chi connectivity index (χ2n) is 5.41. The number of hydrogen-bond donors (Lipinski definition) is 1. The monoisotopic (exact) mass is 350 g/mol. The van der Waals surface area contributed by atoms with Crippen molar-refractivity contribution in [3.63, 3.8) is 0 Å². The molecule has 1 aromatic carbocycles. The molecule has 2 amide bonds. The number of carboxylic acids is 1. The summed E-state index contributed by atoms with van der Waals surface area (Å²) in [5, 5.41) is 24.7. The predicted octanol–water partition coefficient (Wildman–Crippen LogP) is 1.24. The Kier molecular flexibility index (Phi) is 5.88. The molecule has 0 saturated carbocycles. The number of carboxylic acid groups (broad SMARTS) is 1. The molecule has 2 rings (SSSR count). The van der Waals surface area contributed by atoms with Crippen LogP contribution in [0.25, 0.3) is 0 Å². The summed E-state index contributed by atoms with van der Waals surface area (Å²) in [6.07, 6.45) is 0.957. The van der Waals surface area contributed by atoms with Crippen LogP contribution in [0.5, 0.6) is 0 Å². The lowest BCUT2D eigenvalue weighted by molar-refractivity contribution is -0.705. The van der Waals surface area contributed by atoms with Crippen LogP contribution in [0.15, 0.2) is 29.5 Å². The van der Waals surface area contributed by atoms with E-state index < -0.39 is 24.5 Å². The molecule has 10 nitrogen and oxygen atoms in total. The molecule has 0 bridgehead atoms. The van der Waals surface area contributed by atoms with Crippen molar-refractivity contribution in [2.24, 2.45) is 5.28 Å². The second kappa shape index (κ2) is 8.08. The molecule has 1 N–H and O–H groups in total. The third kappa shape index (κ3) is 4.43. The van der Waals surface area contributed by atoms with Crippen LogP contribution in [-0.4, -0.2) is 58.1 Å². The number of carbonyl (C=O) groups excluding carboxylic acids is 2. The normalized spacial score (nSPS) is 13.8. The Bertz CT molecular complexity index is 670. The fourth-order valence-electron chi connectivity index (χ4n) is 2.25. The molecule has 0 aliphatic carbocycles. The van der Waals surface area contributed by atoms with Gasteiger partial charge in [-0.25, -0.2) is 4.90 Å². The number of amides is 2. The largest absolute Gasteiger partial charge is 0.569 e. The zero-order valence-electron chi connectivity index (χ0n) is 13.6. The first-order valence-electron chi connectivity index (χ1n) is 7.60. The van der Waals surface area contributed by atoms with Gasteiger partial charge in [-0.1, -0.05) is 12.1 Å². The van der Waals surface area contributed by atoms with E-state index in [2.05, 4.69) is 5.28 Å². The van der Waals surface area contributed by atoms with Crippen LogP contribution in [0.1, 0.15) is 40.0 Å². The van der Waals surface area contributed by atoms with Gasteiger partial charge in [-0.15, -0.1) is 5.01 Å². The fraction of sp³-hybridized carbons (Fsp3) is 0.400. The maximum absolute atomic E-state index is 12.1. The lowest BCUT2D eigenvalue weighted by Crippen LogP contribution is -2.32. The van der Waals surface area contributed by atoms with E-state index >= 15 is 0 Å². The van der Waals surface area contributed by atoms with E-state index in [0.29, 0.717) is 12.8 Å². The Hall–Kier alpha value is -3.17. The Labute approximate surface area is 143 Å². The van der Waals surface area contributed by atoms with E-state index in [1.807, 2.05) is 0 Å². The van der Waals surface area contributed by atoms with Gasteiger partial charge in [-0.2, -0.15) is 0 Å². The van der Waals surface area contributed by atoms with Gasteiger partial charge in [0.15, 0.2) is 0 Å². The van der Waals surface area contributed by atoms with Crippen LogP contribution in [0.3, 0.4) is 0 Å². The van der Waals surface area contributed by atoms with Crippen LogP contribution in [0.4, 0.5) is 0 Å². The van der Waals surface area contributed by atoms with Gasteiger partial charge in [-0.3, -0.25) is 14.4 Å². The Morgan fingerprint density at radius 2 is 1.88 bits per heavy atom. The van der Waals surface area contributed by atoms with E-state index in [0.717, 1.165) is 4.90 Å². The molecule has 0 saturated heterocycles. The molecule has 0 aromatic heterocycles. The first-order valence-corrected chi connectivity index (χ1v) is 7.60. The van der Waals surface area contributed by atoms with E-state index in [9.17, 15) is 19.6 Å². The quantitative estimate of drug-likeness (QED) is 0.233. The van der Waals surface area contributed by atoms with Gasteiger partial charge in [0.2, 0.25) is 12.0 Å². The topological polar surface area (TPSA) is 126 Å². The number of rotatable bonds is 9. The van der Waals surface area contributed by atoms with Crippen molar-refractivity contribution in [3.05, 3.63) is 40.6 Å². The van der Waals surface area contributed by atoms with Crippen LogP contribution >= 0.6 is 0 Å². The van der Waals surface area contributed by atoms with Gasteiger partial charge < -0.3 is 15.2 Å². The molecule has 134 valence electrons. The molecule has 25 heavy (non-hydrogen) atoms. The van der Waals surface area contributed by atoms with Crippen molar-refractivity contribution < 1.29 is 29.3 Å². The number of unbranched alkanes of at least 4 members (excludes halogenated alkanes) is 1. The van der Waals surface area contributed by atoms with Gasteiger partial charge in [0, 0.05) is 6.42 Å². The zero-order valence-corrected chi connectivity index (χ0v) is 13.6. The first kappa shape index (κ1) is 18.2. The van der Waals surface area contributed by atoms with E-state index in [-0.39, 0.29) is 29.1 Å².